The molecule has 0 saturated heterocycles. The van der Waals surface area contributed by atoms with Gasteiger partial charge in [-0.3, -0.25) is 5.43 Å². The molecule has 0 aromatic heterocycles. The molecule has 0 aliphatic heterocycles. The third-order valence-corrected chi connectivity index (χ3v) is 3.02. The number of hydrogen-bond acceptors (Lipinski definition) is 3. The van der Waals surface area contributed by atoms with Crippen molar-refractivity contribution in [1.82, 2.24) is 0 Å². The summed E-state index contributed by atoms with van der Waals surface area (Å²) in [4.78, 5) is 0. The molecule has 0 bridgehead atoms. The molecule has 2 rings (SSSR count). The molecule has 0 spiro atoms. The lowest BCUT2D eigenvalue weighted by atomic mass is 10.1. The SMILES string of the molecule is COc1ccc(C)cc1/C(C)=N\Nc1ccc(F)cc1F. The van der Waals surface area contributed by atoms with Crippen LogP contribution in [0.15, 0.2) is 41.5 Å². The Hall–Kier alpha value is -2.43. The molecule has 0 unspecified atom stereocenters. The van der Waals surface area contributed by atoms with E-state index in [9.17, 15) is 8.78 Å². The first-order valence-electron chi connectivity index (χ1n) is 6.41. The average molecular weight is 290 g/mol. The Morgan fingerprint density at radius 2 is 1.90 bits per heavy atom. The summed E-state index contributed by atoms with van der Waals surface area (Å²) in [6, 6.07) is 8.99. The van der Waals surface area contributed by atoms with E-state index in [1.807, 2.05) is 25.1 Å². The maximum atomic E-state index is 13.5. The van der Waals surface area contributed by atoms with Gasteiger partial charge in [-0.1, -0.05) is 11.6 Å². The van der Waals surface area contributed by atoms with Gasteiger partial charge in [0.1, 0.15) is 11.6 Å². The van der Waals surface area contributed by atoms with Crippen molar-refractivity contribution in [1.29, 1.82) is 0 Å². The fourth-order valence-corrected chi connectivity index (χ4v) is 1.89. The van der Waals surface area contributed by atoms with Gasteiger partial charge in [0.25, 0.3) is 0 Å². The fraction of sp³-hybridized carbons (Fsp3) is 0.188. The second-order valence-electron chi connectivity index (χ2n) is 4.64. The van der Waals surface area contributed by atoms with Crippen LogP contribution in [-0.2, 0) is 0 Å². The number of halogens is 2. The highest BCUT2D eigenvalue weighted by molar-refractivity contribution is 6.01. The number of methoxy groups -OCH3 is 1. The fourth-order valence-electron chi connectivity index (χ4n) is 1.89. The molecule has 0 radical (unpaired) electrons. The number of ether oxygens (including phenoxy) is 1. The van der Waals surface area contributed by atoms with E-state index in [4.69, 9.17) is 4.74 Å². The van der Waals surface area contributed by atoms with Crippen LogP contribution in [0, 0.1) is 18.6 Å². The Bertz CT molecular complexity index is 684. The maximum absolute atomic E-state index is 13.5. The molecule has 0 saturated carbocycles. The van der Waals surface area contributed by atoms with Crippen LogP contribution in [0.4, 0.5) is 14.5 Å². The van der Waals surface area contributed by atoms with Gasteiger partial charge in [-0.2, -0.15) is 5.10 Å². The molecule has 0 amide bonds. The summed E-state index contributed by atoms with van der Waals surface area (Å²) in [6.45, 7) is 3.75. The summed E-state index contributed by atoms with van der Waals surface area (Å²) in [5.74, 6) is -0.634. The zero-order chi connectivity index (χ0) is 15.4. The van der Waals surface area contributed by atoms with E-state index in [1.54, 1.807) is 14.0 Å². The predicted molar refractivity (Wildman–Crippen MR) is 79.9 cm³/mol. The van der Waals surface area contributed by atoms with Gasteiger partial charge in [0.2, 0.25) is 0 Å². The number of nitrogens with one attached hydrogen (secondary N) is 1. The van der Waals surface area contributed by atoms with E-state index in [-0.39, 0.29) is 5.69 Å². The Morgan fingerprint density at radius 1 is 1.14 bits per heavy atom. The molecule has 2 aromatic rings. The number of hydrogen-bond donors (Lipinski definition) is 1. The summed E-state index contributed by atoms with van der Waals surface area (Å²) in [7, 11) is 1.58. The van der Waals surface area contributed by atoms with Crippen molar-refractivity contribution in [2.45, 2.75) is 13.8 Å². The van der Waals surface area contributed by atoms with E-state index in [0.717, 1.165) is 17.2 Å². The van der Waals surface area contributed by atoms with Crippen LogP contribution in [-0.4, -0.2) is 12.8 Å². The van der Waals surface area contributed by atoms with Crippen LogP contribution < -0.4 is 10.2 Å². The lowest BCUT2D eigenvalue weighted by Crippen LogP contribution is -2.03. The molecule has 0 aliphatic rings. The molecule has 5 heteroatoms. The summed E-state index contributed by atoms with van der Waals surface area (Å²) < 4.78 is 31.6. The van der Waals surface area contributed by atoms with Gasteiger partial charge < -0.3 is 4.74 Å². The molecule has 0 atom stereocenters. The summed E-state index contributed by atoms with van der Waals surface area (Å²) in [5.41, 5.74) is 5.23. The predicted octanol–water partition coefficient (Wildman–Crippen LogP) is 4.12. The van der Waals surface area contributed by atoms with Gasteiger partial charge >= 0.3 is 0 Å². The molecule has 1 N–H and O–H groups in total. The van der Waals surface area contributed by atoms with Crippen molar-refractivity contribution in [2.75, 3.05) is 12.5 Å². The smallest absolute Gasteiger partial charge is 0.151 e. The van der Waals surface area contributed by atoms with E-state index in [1.165, 1.54) is 12.1 Å². The zero-order valence-corrected chi connectivity index (χ0v) is 12.1. The van der Waals surface area contributed by atoms with E-state index in [2.05, 4.69) is 10.5 Å². The number of aryl methyl sites for hydroxylation is 1. The Morgan fingerprint density at radius 3 is 2.57 bits per heavy atom. The minimum absolute atomic E-state index is 0.113. The van der Waals surface area contributed by atoms with Gasteiger partial charge in [0.05, 0.1) is 18.5 Å². The van der Waals surface area contributed by atoms with Crippen molar-refractivity contribution in [3.05, 3.63) is 59.2 Å². The first kappa shape index (κ1) is 15.0. The summed E-state index contributed by atoms with van der Waals surface area (Å²) >= 11 is 0. The first-order chi connectivity index (χ1) is 10.0. The molecule has 0 fully saturated rings. The van der Waals surface area contributed by atoms with Crippen molar-refractivity contribution in [3.8, 4) is 5.75 Å². The third-order valence-electron chi connectivity index (χ3n) is 3.02. The van der Waals surface area contributed by atoms with Gasteiger partial charge in [-0.05, 0) is 38.1 Å². The zero-order valence-electron chi connectivity index (χ0n) is 12.1. The molecular weight excluding hydrogens is 274 g/mol. The van der Waals surface area contributed by atoms with E-state index < -0.39 is 11.6 Å². The van der Waals surface area contributed by atoms with Crippen LogP contribution in [0.2, 0.25) is 0 Å². The molecular formula is C16H16F2N2O. The van der Waals surface area contributed by atoms with Crippen LogP contribution in [0.1, 0.15) is 18.1 Å². The van der Waals surface area contributed by atoms with Crippen molar-refractivity contribution in [3.63, 3.8) is 0 Å². The number of hydrazone groups is 1. The van der Waals surface area contributed by atoms with Gasteiger partial charge in [-0.15, -0.1) is 0 Å². The van der Waals surface area contributed by atoms with Gasteiger partial charge in [0, 0.05) is 11.6 Å². The molecule has 2 aromatic carbocycles. The normalized spacial score (nSPS) is 11.4. The highest BCUT2D eigenvalue weighted by atomic mass is 19.1. The minimum Gasteiger partial charge on any atom is -0.496 e. The molecule has 3 nitrogen and oxygen atoms in total. The molecule has 0 heterocycles. The van der Waals surface area contributed by atoms with Gasteiger partial charge in [-0.25, -0.2) is 8.78 Å². The standard InChI is InChI=1S/C16H16F2N2O/c1-10-4-7-16(21-3)13(8-10)11(2)19-20-15-6-5-12(17)9-14(15)18/h4-9,20H,1-3H3/b19-11-. The van der Waals surface area contributed by atoms with E-state index >= 15 is 0 Å². The number of nitrogens with zero attached hydrogens (tertiary/aromatic N) is 1. The van der Waals surface area contributed by atoms with Crippen LogP contribution in [0.5, 0.6) is 5.75 Å². The van der Waals surface area contributed by atoms with Gasteiger partial charge in [0.15, 0.2) is 5.82 Å². The van der Waals surface area contributed by atoms with Crippen LogP contribution in [0.3, 0.4) is 0 Å². The average Bonchev–Trinajstić information content (AvgIpc) is 2.46. The Kier molecular flexibility index (Phi) is 4.52. The molecule has 21 heavy (non-hydrogen) atoms. The summed E-state index contributed by atoms with van der Waals surface area (Å²) in [6.07, 6.45) is 0. The number of benzene rings is 2. The topological polar surface area (TPSA) is 33.6 Å². The quantitative estimate of drug-likeness (QED) is 0.679. The second-order valence-corrected chi connectivity index (χ2v) is 4.64. The number of rotatable bonds is 4. The van der Waals surface area contributed by atoms with Crippen molar-refractivity contribution in [2.24, 2.45) is 5.10 Å². The first-order valence-corrected chi connectivity index (χ1v) is 6.41. The Balaban J connectivity index is 2.27. The highest BCUT2D eigenvalue weighted by Gasteiger charge is 2.07. The van der Waals surface area contributed by atoms with Crippen molar-refractivity contribution < 1.29 is 13.5 Å². The highest BCUT2D eigenvalue weighted by Crippen LogP contribution is 2.21. The number of anilines is 1. The van der Waals surface area contributed by atoms with E-state index in [0.29, 0.717) is 11.5 Å². The largest absolute Gasteiger partial charge is 0.496 e. The second kappa shape index (κ2) is 6.35. The summed E-state index contributed by atoms with van der Waals surface area (Å²) in [5, 5.41) is 4.13. The van der Waals surface area contributed by atoms with Crippen molar-refractivity contribution >= 4 is 11.4 Å². The monoisotopic (exact) mass is 290 g/mol. The third kappa shape index (κ3) is 3.56. The molecule has 110 valence electrons. The Labute approximate surface area is 122 Å². The minimum atomic E-state index is -0.692. The lowest BCUT2D eigenvalue weighted by Gasteiger charge is -2.10. The molecule has 0 aliphatic carbocycles. The maximum Gasteiger partial charge on any atom is 0.151 e. The lowest BCUT2D eigenvalue weighted by molar-refractivity contribution is 0.414. The van der Waals surface area contributed by atoms with Crippen LogP contribution in [0.25, 0.3) is 0 Å². The van der Waals surface area contributed by atoms with Crippen LogP contribution >= 0.6 is 0 Å².